The van der Waals surface area contributed by atoms with E-state index in [0.29, 0.717) is 42.8 Å². The lowest BCUT2D eigenvalue weighted by Gasteiger charge is -2.35. The molecule has 3 heterocycles. The van der Waals surface area contributed by atoms with Gasteiger partial charge in [-0.15, -0.1) is 11.3 Å². The van der Waals surface area contributed by atoms with Crippen LogP contribution in [0.15, 0.2) is 47.8 Å². The Kier molecular flexibility index (Phi) is 5.21. The molecule has 1 aliphatic heterocycles. The lowest BCUT2D eigenvalue weighted by atomic mass is 10.2. The van der Waals surface area contributed by atoms with Crippen LogP contribution < -0.4 is 10.2 Å². The molecule has 1 amide bonds. The second-order valence-electron chi connectivity index (χ2n) is 6.58. The summed E-state index contributed by atoms with van der Waals surface area (Å²) >= 11 is 1.39. The summed E-state index contributed by atoms with van der Waals surface area (Å²) < 4.78 is 13.1. The van der Waals surface area contributed by atoms with Crippen LogP contribution in [-0.4, -0.2) is 47.0 Å². The number of benzene rings is 1. The zero-order chi connectivity index (χ0) is 19.5. The minimum Gasteiger partial charge on any atom is -0.368 e. The summed E-state index contributed by atoms with van der Waals surface area (Å²) in [6.45, 7) is 4.55. The van der Waals surface area contributed by atoms with Gasteiger partial charge in [0.05, 0.1) is 0 Å². The fourth-order valence-corrected chi connectivity index (χ4v) is 3.82. The van der Waals surface area contributed by atoms with Crippen molar-refractivity contribution in [1.82, 2.24) is 14.9 Å². The predicted octanol–water partition coefficient (Wildman–Crippen LogP) is 3.69. The zero-order valence-corrected chi connectivity index (χ0v) is 16.2. The zero-order valence-electron chi connectivity index (χ0n) is 15.4. The Balaban J connectivity index is 1.36. The number of hydrogen-bond donors (Lipinski definition) is 1. The molecule has 4 rings (SSSR count). The second kappa shape index (κ2) is 7.93. The number of pyridine rings is 1. The first-order valence-corrected chi connectivity index (χ1v) is 9.92. The first kappa shape index (κ1) is 18.4. The predicted molar refractivity (Wildman–Crippen MR) is 109 cm³/mol. The molecule has 0 radical (unpaired) electrons. The van der Waals surface area contributed by atoms with E-state index in [2.05, 4.69) is 20.2 Å². The van der Waals surface area contributed by atoms with Gasteiger partial charge in [-0.2, -0.15) is 0 Å². The fraction of sp³-hybridized carbons (Fsp3) is 0.250. The summed E-state index contributed by atoms with van der Waals surface area (Å²) in [7, 11) is 0. The van der Waals surface area contributed by atoms with Crippen LogP contribution in [0.4, 0.5) is 21.0 Å². The van der Waals surface area contributed by atoms with E-state index in [4.69, 9.17) is 0 Å². The highest BCUT2D eigenvalue weighted by molar-refractivity contribution is 7.14. The molecule has 1 aromatic carbocycles. The molecular formula is C20H20FN5OS. The summed E-state index contributed by atoms with van der Waals surface area (Å²) in [6.07, 6.45) is 0. The number of aryl methyl sites for hydroxylation is 1. The molecule has 2 aromatic heterocycles. The summed E-state index contributed by atoms with van der Waals surface area (Å²) in [5, 5.41) is 5.56. The minimum atomic E-state index is -0.244. The Morgan fingerprint density at radius 1 is 1.07 bits per heavy atom. The van der Waals surface area contributed by atoms with Crippen LogP contribution in [0.5, 0.6) is 0 Å². The van der Waals surface area contributed by atoms with Gasteiger partial charge in [0.2, 0.25) is 0 Å². The van der Waals surface area contributed by atoms with E-state index in [1.165, 1.54) is 23.5 Å². The lowest BCUT2D eigenvalue weighted by Crippen LogP contribution is -2.48. The molecule has 0 bridgehead atoms. The molecule has 3 aromatic rings. The van der Waals surface area contributed by atoms with E-state index in [1.807, 2.05) is 30.0 Å². The number of amides is 1. The van der Waals surface area contributed by atoms with Crippen molar-refractivity contribution in [2.75, 3.05) is 36.4 Å². The number of carbonyl (C=O) groups is 1. The molecule has 1 aliphatic rings. The standard InChI is InChI=1S/C20H20FN5OS/c1-14-3-2-4-18(22-14)24-20-23-17(13-28-20)19(27)26-11-9-25(10-12-26)16-7-5-15(21)6-8-16/h2-8,13H,9-12H2,1H3,(H,22,23,24). The number of hydrogen-bond acceptors (Lipinski definition) is 6. The quantitative estimate of drug-likeness (QED) is 0.728. The highest BCUT2D eigenvalue weighted by Crippen LogP contribution is 2.22. The summed E-state index contributed by atoms with van der Waals surface area (Å²) in [5.41, 5.74) is 2.33. The molecule has 1 saturated heterocycles. The summed E-state index contributed by atoms with van der Waals surface area (Å²) in [6, 6.07) is 12.2. The van der Waals surface area contributed by atoms with Gasteiger partial charge in [-0.25, -0.2) is 14.4 Å². The molecule has 0 aliphatic carbocycles. The average molecular weight is 397 g/mol. The fourth-order valence-electron chi connectivity index (χ4n) is 3.13. The number of nitrogens with one attached hydrogen (secondary N) is 1. The van der Waals surface area contributed by atoms with Gasteiger partial charge in [-0.1, -0.05) is 6.07 Å². The third-order valence-electron chi connectivity index (χ3n) is 4.61. The maximum absolute atomic E-state index is 13.1. The Labute approximate surface area is 166 Å². The third kappa shape index (κ3) is 4.12. The average Bonchev–Trinajstić information content (AvgIpc) is 3.17. The van der Waals surface area contributed by atoms with Crippen molar-refractivity contribution in [2.24, 2.45) is 0 Å². The van der Waals surface area contributed by atoms with Crippen molar-refractivity contribution in [3.63, 3.8) is 0 Å². The number of anilines is 3. The SMILES string of the molecule is Cc1cccc(Nc2nc(C(=O)N3CCN(c4ccc(F)cc4)CC3)cs2)n1. The van der Waals surface area contributed by atoms with Gasteiger partial charge in [0.25, 0.3) is 5.91 Å². The topological polar surface area (TPSA) is 61.4 Å². The van der Waals surface area contributed by atoms with Crippen LogP contribution in [0, 0.1) is 12.7 Å². The van der Waals surface area contributed by atoms with Gasteiger partial charge in [-0.05, 0) is 43.3 Å². The summed E-state index contributed by atoms with van der Waals surface area (Å²) in [5.74, 6) is 0.396. The number of thiazole rings is 1. The van der Waals surface area contributed by atoms with Gasteiger partial charge in [0.1, 0.15) is 17.3 Å². The van der Waals surface area contributed by atoms with Crippen LogP contribution in [0.1, 0.15) is 16.2 Å². The van der Waals surface area contributed by atoms with Crippen LogP contribution >= 0.6 is 11.3 Å². The van der Waals surface area contributed by atoms with Gasteiger partial charge in [-0.3, -0.25) is 4.79 Å². The van der Waals surface area contributed by atoms with Crippen molar-refractivity contribution >= 4 is 33.9 Å². The Morgan fingerprint density at radius 3 is 2.54 bits per heavy atom. The van der Waals surface area contributed by atoms with Gasteiger partial charge in [0.15, 0.2) is 5.13 Å². The van der Waals surface area contributed by atoms with Crippen LogP contribution in [0.3, 0.4) is 0 Å². The highest BCUT2D eigenvalue weighted by atomic mass is 32.1. The van der Waals surface area contributed by atoms with Gasteiger partial charge in [0, 0.05) is 42.9 Å². The molecule has 28 heavy (non-hydrogen) atoms. The Hall–Kier alpha value is -3.00. The molecule has 1 fully saturated rings. The first-order chi connectivity index (χ1) is 13.6. The van der Waals surface area contributed by atoms with E-state index in [0.717, 1.165) is 11.4 Å². The maximum Gasteiger partial charge on any atom is 0.273 e. The van der Waals surface area contributed by atoms with Gasteiger partial charge >= 0.3 is 0 Å². The third-order valence-corrected chi connectivity index (χ3v) is 5.36. The smallest absolute Gasteiger partial charge is 0.273 e. The molecule has 0 saturated carbocycles. The minimum absolute atomic E-state index is 0.0692. The van der Waals surface area contributed by atoms with Crippen molar-refractivity contribution < 1.29 is 9.18 Å². The normalized spacial score (nSPS) is 14.2. The first-order valence-electron chi connectivity index (χ1n) is 9.04. The van der Waals surface area contributed by atoms with E-state index < -0.39 is 0 Å². The van der Waals surface area contributed by atoms with Crippen molar-refractivity contribution in [2.45, 2.75) is 6.92 Å². The molecular weight excluding hydrogens is 377 g/mol. The maximum atomic E-state index is 13.1. The Bertz CT molecular complexity index is 967. The molecule has 6 nitrogen and oxygen atoms in total. The van der Waals surface area contributed by atoms with Crippen LogP contribution in [0.2, 0.25) is 0 Å². The van der Waals surface area contributed by atoms with Crippen molar-refractivity contribution in [3.05, 3.63) is 65.0 Å². The highest BCUT2D eigenvalue weighted by Gasteiger charge is 2.24. The van der Waals surface area contributed by atoms with Crippen molar-refractivity contribution in [1.29, 1.82) is 0 Å². The molecule has 0 spiro atoms. The number of nitrogens with zero attached hydrogens (tertiary/aromatic N) is 4. The van der Waals surface area contributed by atoms with Crippen molar-refractivity contribution in [3.8, 4) is 0 Å². The number of aromatic nitrogens is 2. The second-order valence-corrected chi connectivity index (χ2v) is 7.44. The van der Waals surface area contributed by atoms with E-state index in [9.17, 15) is 9.18 Å². The molecule has 0 unspecified atom stereocenters. The number of rotatable bonds is 4. The molecule has 1 N–H and O–H groups in total. The van der Waals surface area contributed by atoms with Crippen LogP contribution in [-0.2, 0) is 0 Å². The van der Waals surface area contributed by atoms with Gasteiger partial charge < -0.3 is 15.1 Å². The lowest BCUT2D eigenvalue weighted by molar-refractivity contribution is 0.0742. The number of halogens is 1. The van der Waals surface area contributed by atoms with E-state index in [-0.39, 0.29) is 11.7 Å². The van der Waals surface area contributed by atoms with E-state index in [1.54, 1.807) is 17.5 Å². The monoisotopic (exact) mass is 397 g/mol. The number of carbonyl (C=O) groups excluding carboxylic acids is 1. The summed E-state index contributed by atoms with van der Waals surface area (Å²) in [4.78, 5) is 25.5. The Morgan fingerprint density at radius 2 is 1.82 bits per heavy atom. The molecule has 144 valence electrons. The largest absolute Gasteiger partial charge is 0.368 e. The molecule has 8 heteroatoms. The van der Waals surface area contributed by atoms with E-state index >= 15 is 0 Å². The number of piperazine rings is 1. The molecule has 0 atom stereocenters. The van der Waals surface area contributed by atoms with Crippen LogP contribution in [0.25, 0.3) is 0 Å².